The lowest BCUT2D eigenvalue weighted by atomic mass is 9.97. The van der Waals surface area contributed by atoms with Gasteiger partial charge in [0.15, 0.2) is 0 Å². The maximum atomic E-state index is 11.9. The van der Waals surface area contributed by atoms with Gasteiger partial charge in [-0.05, 0) is 52.9 Å². The Balaban J connectivity index is 1.80. The highest BCUT2D eigenvalue weighted by Gasteiger charge is 2.43. The van der Waals surface area contributed by atoms with E-state index in [2.05, 4.69) is 0 Å². The van der Waals surface area contributed by atoms with Gasteiger partial charge in [-0.1, -0.05) is 12.8 Å². The van der Waals surface area contributed by atoms with Crippen LogP contribution in [-0.4, -0.2) is 29.3 Å². The van der Waals surface area contributed by atoms with E-state index in [4.69, 9.17) is 15.2 Å². The minimum Gasteiger partial charge on any atom is -0.459 e. The molecule has 2 fully saturated rings. The highest BCUT2D eigenvalue weighted by Crippen LogP contribution is 2.44. The topological polar surface area (TPSA) is 61.5 Å². The molecular formula is C15H27NO3. The molecule has 110 valence electrons. The molecule has 2 atom stereocenters. The number of hydrogen-bond acceptors (Lipinski definition) is 4. The van der Waals surface area contributed by atoms with Gasteiger partial charge in [-0.3, -0.25) is 4.79 Å². The van der Waals surface area contributed by atoms with Crippen LogP contribution in [0.15, 0.2) is 0 Å². The molecule has 0 aromatic heterocycles. The zero-order valence-electron chi connectivity index (χ0n) is 12.4. The zero-order valence-corrected chi connectivity index (χ0v) is 12.4. The van der Waals surface area contributed by atoms with Gasteiger partial charge in [-0.25, -0.2) is 0 Å². The fourth-order valence-electron chi connectivity index (χ4n) is 3.21. The first-order valence-corrected chi connectivity index (χ1v) is 7.46. The van der Waals surface area contributed by atoms with Crippen LogP contribution in [-0.2, 0) is 14.3 Å². The lowest BCUT2D eigenvalue weighted by Gasteiger charge is -2.26. The maximum Gasteiger partial charge on any atom is 0.323 e. The minimum absolute atomic E-state index is 0.109. The number of rotatable bonds is 3. The first-order chi connectivity index (χ1) is 8.80. The van der Waals surface area contributed by atoms with Crippen LogP contribution in [0.2, 0.25) is 0 Å². The average Bonchev–Trinajstić information content (AvgIpc) is 2.88. The summed E-state index contributed by atoms with van der Waals surface area (Å²) in [5, 5.41) is 0. The molecule has 1 spiro atoms. The van der Waals surface area contributed by atoms with Crippen molar-refractivity contribution in [3.63, 3.8) is 0 Å². The van der Waals surface area contributed by atoms with Crippen LogP contribution in [0.5, 0.6) is 0 Å². The molecule has 4 nitrogen and oxygen atoms in total. The van der Waals surface area contributed by atoms with Gasteiger partial charge in [0.05, 0.1) is 11.7 Å². The summed E-state index contributed by atoms with van der Waals surface area (Å²) in [4.78, 5) is 11.9. The third kappa shape index (κ3) is 3.93. The minimum atomic E-state index is -0.569. The van der Waals surface area contributed by atoms with Gasteiger partial charge in [0.25, 0.3) is 0 Å². The molecule has 2 unspecified atom stereocenters. The Hall–Kier alpha value is -0.610. The second kappa shape index (κ2) is 5.41. The summed E-state index contributed by atoms with van der Waals surface area (Å²) in [6.07, 6.45) is 7.73. The molecule has 1 saturated heterocycles. The molecule has 1 saturated carbocycles. The molecule has 4 heteroatoms. The SMILES string of the molecule is CC(C)(C)OC(=O)C(N)CC1CCC2(CCCC2)O1. The molecule has 2 N–H and O–H groups in total. The number of nitrogens with two attached hydrogens (primary N) is 1. The van der Waals surface area contributed by atoms with Crippen LogP contribution in [0.25, 0.3) is 0 Å². The van der Waals surface area contributed by atoms with Gasteiger partial charge in [0, 0.05) is 0 Å². The van der Waals surface area contributed by atoms with Gasteiger partial charge < -0.3 is 15.2 Å². The van der Waals surface area contributed by atoms with E-state index in [0.29, 0.717) is 6.42 Å². The van der Waals surface area contributed by atoms with E-state index in [0.717, 1.165) is 12.8 Å². The quantitative estimate of drug-likeness (QED) is 0.800. The fraction of sp³-hybridized carbons (Fsp3) is 0.933. The Morgan fingerprint density at radius 1 is 1.37 bits per heavy atom. The van der Waals surface area contributed by atoms with E-state index in [1.54, 1.807) is 0 Å². The van der Waals surface area contributed by atoms with Crippen molar-refractivity contribution in [3.05, 3.63) is 0 Å². The van der Waals surface area contributed by atoms with E-state index in [9.17, 15) is 4.79 Å². The number of carbonyl (C=O) groups is 1. The molecule has 0 aromatic carbocycles. The van der Waals surface area contributed by atoms with Crippen LogP contribution in [0.3, 0.4) is 0 Å². The van der Waals surface area contributed by atoms with Crippen molar-refractivity contribution < 1.29 is 14.3 Å². The maximum absolute atomic E-state index is 11.9. The zero-order chi connectivity index (χ0) is 14.1. The summed E-state index contributed by atoms with van der Waals surface area (Å²) in [6.45, 7) is 5.58. The standard InChI is InChI=1S/C15H27NO3/c1-14(2,3)19-13(17)12(16)10-11-6-9-15(18-11)7-4-5-8-15/h11-12H,4-10,16H2,1-3H3. The summed E-state index contributed by atoms with van der Waals surface area (Å²) in [7, 11) is 0. The normalized spacial score (nSPS) is 27.7. The lowest BCUT2D eigenvalue weighted by molar-refractivity contribution is -0.157. The Labute approximate surface area is 116 Å². The van der Waals surface area contributed by atoms with Crippen molar-refractivity contribution in [3.8, 4) is 0 Å². The Bertz CT molecular complexity index is 329. The number of ether oxygens (including phenoxy) is 2. The third-order valence-corrected chi connectivity index (χ3v) is 4.08. The van der Waals surface area contributed by atoms with Crippen LogP contribution in [0.4, 0.5) is 0 Å². The largest absolute Gasteiger partial charge is 0.459 e. The number of esters is 1. The molecule has 19 heavy (non-hydrogen) atoms. The highest BCUT2D eigenvalue weighted by atomic mass is 16.6. The fourth-order valence-corrected chi connectivity index (χ4v) is 3.21. The van der Waals surface area contributed by atoms with Crippen molar-refractivity contribution in [1.82, 2.24) is 0 Å². The van der Waals surface area contributed by atoms with Crippen LogP contribution >= 0.6 is 0 Å². The lowest BCUT2D eigenvalue weighted by Crippen LogP contribution is -2.40. The first kappa shape index (κ1) is 14.8. The first-order valence-electron chi connectivity index (χ1n) is 7.46. The van der Waals surface area contributed by atoms with Gasteiger partial charge >= 0.3 is 5.97 Å². The van der Waals surface area contributed by atoms with Crippen molar-refractivity contribution in [2.45, 2.75) is 89.1 Å². The van der Waals surface area contributed by atoms with Crippen LogP contribution < -0.4 is 5.73 Å². The molecule has 1 aliphatic heterocycles. The Morgan fingerprint density at radius 3 is 2.58 bits per heavy atom. The summed E-state index contributed by atoms with van der Waals surface area (Å²) >= 11 is 0. The molecule has 0 bridgehead atoms. The molecule has 2 aliphatic rings. The van der Waals surface area contributed by atoms with Gasteiger partial charge in [-0.2, -0.15) is 0 Å². The van der Waals surface area contributed by atoms with Gasteiger partial charge in [-0.15, -0.1) is 0 Å². The van der Waals surface area contributed by atoms with Crippen molar-refractivity contribution in [2.75, 3.05) is 0 Å². The summed E-state index contributed by atoms with van der Waals surface area (Å²) in [5.74, 6) is -0.316. The molecule has 0 amide bonds. The van der Waals surface area contributed by atoms with Crippen LogP contribution in [0, 0.1) is 0 Å². The second-order valence-corrected chi connectivity index (χ2v) is 7.04. The van der Waals surface area contributed by atoms with E-state index < -0.39 is 11.6 Å². The highest BCUT2D eigenvalue weighted by molar-refractivity contribution is 5.75. The number of hydrogen-bond donors (Lipinski definition) is 1. The molecular weight excluding hydrogens is 242 g/mol. The van der Waals surface area contributed by atoms with Crippen LogP contribution in [0.1, 0.15) is 65.7 Å². The van der Waals surface area contributed by atoms with E-state index >= 15 is 0 Å². The molecule has 0 aromatic rings. The Kier molecular flexibility index (Phi) is 4.21. The smallest absolute Gasteiger partial charge is 0.323 e. The summed E-state index contributed by atoms with van der Waals surface area (Å²) < 4.78 is 11.5. The third-order valence-electron chi connectivity index (χ3n) is 4.08. The van der Waals surface area contributed by atoms with Gasteiger partial charge in [0.1, 0.15) is 11.6 Å². The molecule has 1 aliphatic carbocycles. The van der Waals surface area contributed by atoms with E-state index in [1.807, 2.05) is 20.8 Å². The molecule has 2 rings (SSSR count). The Morgan fingerprint density at radius 2 is 2.00 bits per heavy atom. The monoisotopic (exact) mass is 269 g/mol. The summed E-state index contributed by atoms with van der Waals surface area (Å²) in [6, 6.07) is -0.569. The van der Waals surface area contributed by atoms with E-state index in [1.165, 1.54) is 25.7 Å². The average molecular weight is 269 g/mol. The van der Waals surface area contributed by atoms with Crippen molar-refractivity contribution in [2.24, 2.45) is 5.73 Å². The van der Waals surface area contributed by atoms with Gasteiger partial charge in [0.2, 0.25) is 0 Å². The predicted molar refractivity (Wildman–Crippen MR) is 73.7 cm³/mol. The number of carbonyl (C=O) groups excluding carboxylic acids is 1. The predicted octanol–water partition coefficient (Wildman–Crippen LogP) is 2.54. The molecule has 0 radical (unpaired) electrons. The second-order valence-electron chi connectivity index (χ2n) is 7.04. The van der Waals surface area contributed by atoms with E-state index in [-0.39, 0.29) is 17.7 Å². The van der Waals surface area contributed by atoms with Crippen molar-refractivity contribution in [1.29, 1.82) is 0 Å². The van der Waals surface area contributed by atoms with Crippen molar-refractivity contribution >= 4 is 5.97 Å². The molecule has 1 heterocycles. The summed E-state index contributed by atoms with van der Waals surface area (Å²) in [5.41, 5.74) is 5.57.